The molecule has 1 rings (SSSR count). The Morgan fingerprint density at radius 2 is 2.00 bits per heavy atom. The Morgan fingerprint density at radius 3 is 2.71 bits per heavy atom. The van der Waals surface area contributed by atoms with Gasteiger partial charge >= 0.3 is 5.97 Å². The molecule has 0 saturated carbocycles. The topological polar surface area (TPSA) is 46.5 Å². The summed E-state index contributed by atoms with van der Waals surface area (Å²) in [5, 5.41) is 8.47. The molecule has 0 unspecified atom stereocenters. The minimum Gasteiger partial charge on any atom is -0.494 e. The van der Waals surface area contributed by atoms with Crippen molar-refractivity contribution < 1.29 is 14.6 Å². The third-order valence-corrected chi connectivity index (χ3v) is 2.54. The maximum Gasteiger partial charge on any atom is 0.303 e. The zero-order valence-corrected chi connectivity index (χ0v) is 10.3. The van der Waals surface area contributed by atoms with Gasteiger partial charge in [-0.2, -0.15) is 0 Å². The third-order valence-electron chi connectivity index (χ3n) is 2.54. The Bertz CT molecular complexity index is 347. The zero-order valence-electron chi connectivity index (χ0n) is 10.3. The average molecular weight is 236 g/mol. The van der Waals surface area contributed by atoms with Crippen LogP contribution in [0.5, 0.6) is 5.75 Å². The van der Waals surface area contributed by atoms with Crippen molar-refractivity contribution in [3.63, 3.8) is 0 Å². The fourth-order valence-corrected chi connectivity index (χ4v) is 1.63. The van der Waals surface area contributed by atoms with Gasteiger partial charge in [-0.15, -0.1) is 0 Å². The Kier molecular flexibility index (Phi) is 6.15. The lowest BCUT2D eigenvalue weighted by Crippen LogP contribution is -1.98. The van der Waals surface area contributed by atoms with Crippen LogP contribution < -0.4 is 4.74 Å². The molecule has 0 bridgehead atoms. The molecule has 1 aromatic carbocycles. The monoisotopic (exact) mass is 236 g/mol. The summed E-state index contributed by atoms with van der Waals surface area (Å²) >= 11 is 0. The van der Waals surface area contributed by atoms with Gasteiger partial charge in [0.2, 0.25) is 0 Å². The molecule has 0 aliphatic heterocycles. The van der Waals surface area contributed by atoms with Gasteiger partial charge in [-0.1, -0.05) is 25.0 Å². The molecule has 1 N–H and O–H groups in total. The highest BCUT2D eigenvalue weighted by atomic mass is 16.5. The molecule has 17 heavy (non-hydrogen) atoms. The van der Waals surface area contributed by atoms with Crippen molar-refractivity contribution >= 4 is 5.97 Å². The Balaban J connectivity index is 2.03. The van der Waals surface area contributed by atoms with E-state index < -0.39 is 5.97 Å². The van der Waals surface area contributed by atoms with Crippen LogP contribution in [0.4, 0.5) is 0 Å². The van der Waals surface area contributed by atoms with E-state index in [1.165, 1.54) is 5.56 Å². The number of aliphatic carboxylic acids is 1. The van der Waals surface area contributed by atoms with E-state index in [-0.39, 0.29) is 6.42 Å². The van der Waals surface area contributed by atoms with Crippen LogP contribution in [0.2, 0.25) is 0 Å². The number of hydrogen-bond acceptors (Lipinski definition) is 2. The van der Waals surface area contributed by atoms with Crippen LogP contribution in [0.1, 0.15) is 37.7 Å². The van der Waals surface area contributed by atoms with Crippen LogP contribution in [-0.4, -0.2) is 17.7 Å². The van der Waals surface area contributed by atoms with Crippen molar-refractivity contribution in [3.05, 3.63) is 29.8 Å². The van der Waals surface area contributed by atoms with Gasteiger partial charge < -0.3 is 9.84 Å². The lowest BCUT2D eigenvalue weighted by atomic mass is 10.1. The van der Waals surface area contributed by atoms with E-state index in [4.69, 9.17) is 9.84 Å². The van der Waals surface area contributed by atoms with Gasteiger partial charge in [0.25, 0.3) is 0 Å². The van der Waals surface area contributed by atoms with Gasteiger partial charge in [0.05, 0.1) is 6.61 Å². The molecule has 0 aromatic heterocycles. The molecule has 0 heterocycles. The van der Waals surface area contributed by atoms with Crippen molar-refractivity contribution in [1.29, 1.82) is 0 Å². The van der Waals surface area contributed by atoms with Crippen molar-refractivity contribution in [2.45, 2.75) is 39.0 Å². The minimum atomic E-state index is -0.707. The quantitative estimate of drug-likeness (QED) is 0.703. The smallest absolute Gasteiger partial charge is 0.303 e. The van der Waals surface area contributed by atoms with Crippen LogP contribution >= 0.6 is 0 Å². The van der Waals surface area contributed by atoms with Crippen LogP contribution in [0.25, 0.3) is 0 Å². The second kappa shape index (κ2) is 7.71. The van der Waals surface area contributed by atoms with Crippen molar-refractivity contribution in [1.82, 2.24) is 0 Å². The first-order chi connectivity index (χ1) is 8.18. The molecule has 0 spiro atoms. The van der Waals surface area contributed by atoms with E-state index in [2.05, 4.69) is 0 Å². The Labute approximate surface area is 102 Å². The first-order valence-corrected chi connectivity index (χ1v) is 6.10. The number of ether oxygens (including phenoxy) is 1. The predicted octanol–water partition coefficient (Wildman–Crippen LogP) is 3.41. The maximum atomic E-state index is 10.3. The number of carboxylic acid groups (broad SMARTS) is 1. The van der Waals surface area contributed by atoms with E-state index >= 15 is 0 Å². The number of carbonyl (C=O) groups is 1. The van der Waals surface area contributed by atoms with Crippen LogP contribution in [-0.2, 0) is 4.79 Å². The van der Waals surface area contributed by atoms with Gasteiger partial charge in [-0.05, 0) is 37.5 Å². The number of rotatable bonds is 8. The van der Waals surface area contributed by atoms with E-state index in [1.807, 2.05) is 31.2 Å². The second-order valence-corrected chi connectivity index (χ2v) is 4.22. The first kappa shape index (κ1) is 13.6. The standard InChI is InChI=1S/C14H20O3/c1-12-7-6-8-13(11-12)17-10-5-3-2-4-9-14(15)16/h6-8,11H,2-5,9-10H2,1H3,(H,15,16). The molecule has 0 fully saturated rings. The number of benzene rings is 1. The number of carboxylic acids is 1. The van der Waals surface area contributed by atoms with Gasteiger partial charge in [0.15, 0.2) is 0 Å². The summed E-state index contributed by atoms with van der Waals surface area (Å²) in [7, 11) is 0. The van der Waals surface area contributed by atoms with Gasteiger partial charge in [-0.3, -0.25) is 4.79 Å². The summed E-state index contributed by atoms with van der Waals surface area (Å²) in [6.07, 6.45) is 4.01. The Morgan fingerprint density at radius 1 is 1.24 bits per heavy atom. The Hall–Kier alpha value is -1.51. The highest BCUT2D eigenvalue weighted by Crippen LogP contribution is 2.13. The lowest BCUT2D eigenvalue weighted by Gasteiger charge is -2.06. The van der Waals surface area contributed by atoms with Gasteiger partial charge in [-0.25, -0.2) is 0 Å². The van der Waals surface area contributed by atoms with E-state index in [0.717, 1.165) is 31.4 Å². The van der Waals surface area contributed by atoms with Crippen LogP contribution in [0, 0.1) is 6.92 Å². The highest BCUT2D eigenvalue weighted by molar-refractivity contribution is 5.66. The van der Waals surface area contributed by atoms with Gasteiger partial charge in [0.1, 0.15) is 5.75 Å². The highest BCUT2D eigenvalue weighted by Gasteiger charge is 1.97. The fourth-order valence-electron chi connectivity index (χ4n) is 1.63. The summed E-state index contributed by atoms with van der Waals surface area (Å²) in [6, 6.07) is 8.00. The van der Waals surface area contributed by atoms with Crippen molar-refractivity contribution in [3.8, 4) is 5.75 Å². The molecule has 0 atom stereocenters. The molecule has 0 aliphatic rings. The number of unbranched alkanes of at least 4 members (excludes halogenated alkanes) is 3. The summed E-state index contributed by atoms with van der Waals surface area (Å²) in [5.74, 6) is 0.205. The van der Waals surface area contributed by atoms with E-state index in [1.54, 1.807) is 0 Å². The van der Waals surface area contributed by atoms with Crippen molar-refractivity contribution in [2.75, 3.05) is 6.61 Å². The van der Waals surface area contributed by atoms with E-state index in [0.29, 0.717) is 6.61 Å². The molecule has 3 heteroatoms. The molecule has 3 nitrogen and oxygen atoms in total. The van der Waals surface area contributed by atoms with Crippen LogP contribution in [0.3, 0.4) is 0 Å². The molecule has 0 amide bonds. The summed E-state index contributed by atoms with van der Waals surface area (Å²) < 4.78 is 5.60. The second-order valence-electron chi connectivity index (χ2n) is 4.22. The largest absolute Gasteiger partial charge is 0.494 e. The van der Waals surface area contributed by atoms with Crippen molar-refractivity contribution in [2.24, 2.45) is 0 Å². The zero-order chi connectivity index (χ0) is 12.5. The average Bonchev–Trinajstić information content (AvgIpc) is 2.27. The fraction of sp³-hybridized carbons (Fsp3) is 0.500. The van der Waals surface area contributed by atoms with Gasteiger partial charge in [0, 0.05) is 6.42 Å². The SMILES string of the molecule is Cc1cccc(OCCCCCCC(=O)O)c1. The molecule has 0 radical (unpaired) electrons. The molecule has 1 aromatic rings. The maximum absolute atomic E-state index is 10.3. The molecule has 0 aliphatic carbocycles. The first-order valence-electron chi connectivity index (χ1n) is 6.10. The summed E-state index contributed by atoms with van der Waals surface area (Å²) in [6.45, 7) is 2.75. The summed E-state index contributed by atoms with van der Waals surface area (Å²) in [5.41, 5.74) is 1.20. The number of aryl methyl sites for hydroxylation is 1. The summed E-state index contributed by atoms with van der Waals surface area (Å²) in [4.78, 5) is 10.3. The molecular weight excluding hydrogens is 216 g/mol. The molecular formula is C14H20O3. The predicted molar refractivity (Wildman–Crippen MR) is 67.4 cm³/mol. The molecule has 0 saturated heterocycles. The molecule has 94 valence electrons. The third kappa shape index (κ3) is 6.61. The lowest BCUT2D eigenvalue weighted by molar-refractivity contribution is -0.137. The normalized spacial score (nSPS) is 10.2. The number of hydrogen-bond donors (Lipinski definition) is 1. The minimum absolute atomic E-state index is 0.277. The van der Waals surface area contributed by atoms with E-state index in [9.17, 15) is 4.79 Å². The van der Waals surface area contributed by atoms with Crippen LogP contribution in [0.15, 0.2) is 24.3 Å².